The fourth-order valence-electron chi connectivity index (χ4n) is 1.50. The number of hydrogen-bond donors (Lipinski definition) is 2. The van der Waals surface area contributed by atoms with E-state index in [0.717, 1.165) is 13.0 Å². The molecule has 2 nitrogen and oxygen atoms in total. The molecule has 1 aromatic rings. The largest absolute Gasteiger partial charge is 0.395 e. The average molecular weight is 193 g/mol. The molecule has 0 saturated carbocycles. The summed E-state index contributed by atoms with van der Waals surface area (Å²) in [4.78, 5) is 0. The predicted molar refractivity (Wildman–Crippen MR) is 59.6 cm³/mol. The number of aliphatic hydroxyl groups excluding tert-OH is 1. The summed E-state index contributed by atoms with van der Waals surface area (Å²) in [6, 6.07) is 6.53. The molecule has 0 aromatic heterocycles. The first kappa shape index (κ1) is 11.2. The van der Waals surface area contributed by atoms with E-state index in [2.05, 4.69) is 37.4 Å². The summed E-state index contributed by atoms with van der Waals surface area (Å²) >= 11 is 0. The van der Waals surface area contributed by atoms with Crippen molar-refractivity contribution in [2.24, 2.45) is 0 Å². The number of aryl methyl sites for hydroxylation is 2. The van der Waals surface area contributed by atoms with E-state index in [9.17, 15) is 0 Å². The number of nitrogens with one attached hydrogen (secondary N) is 1. The van der Waals surface area contributed by atoms with Gasteiger partial charge >= 0.3 is 0 Å². The molecule has 2 N–H and O–H groups in total. The molecule has 0 bridgehead atoms. The standard InChI is InChI=1S/C12H19NO/c1-10-3-4-11(2)12(9-10)5-6-13-7-8-14/h3-4,9,13-14H,5-8H2,1-2H3. The Balaban J connectivity index is 2.45. The monoisotopic (exact) mass is 193 g/mol. The lowest BCUT2D eigenvalue weighted by Gasteiger charge is -2.07. The first-order valence-corrected chi connectivity index (χ1v) is 5.11. The van der Waals surface area contributed by atoms with Gasteiger partial charge in [0.1, 0.15) is 0 Å². The smallest absolute Gasteiger partial charge is 0.0555 e. The van der Waals surface area contributed by atoms with Gasteiger partial charge < -0.3 is 10.4 Å². The van der Waals surface area contributed by atoms with Gasteiger partial charge in [0.2, 0.25) is 0 Å². The molecule has 78 valence electrons. The third-order valence-electron chi connectivity index (χ3n) is 2.36. The molecule has 0 heterocycles. The lowest BCUT2D eigenvalue weighted by atomic mass is 10.0. The Kier molecular flexibility index (Phi) is 4.63. The molecule has 0 aliphatic heterocycles. The van der Waals surface area contributed by atoms with E-state index in [1.807, 2.05) is 0 Å². The quantitative estimate of drug-likeness (QED) is 0.693. The lowest BCUT2D eigenvalue weighted by molar-refractivity contribution is 0.293. The van der Waals surface area contributed by atoms with Crippen molar-refractivity contribution in [3.05, 3.63) is 34.9 Å². The molecule has 1 rings (SSSR count). The molecular formula is C12H19NO. The van der Waals surface area contributed by atoms with Crippen molar-refractivity contribution < 1.29 is 5.11 Å². The van der Waals surface area contributed by atoms with Crippen LogP contribution < -0.4 is 5.32 Å². The summed E-state index contributed by atoms with van der Waals surface area (Å²) in [6.07, 6.45) is 1.04. The third kappa shape index (κ3) is 3.48. The highest BCUT2D eigenvalue weighted by Crippen LogP contribution is 2.10. The second-order valence-corrected chi connectivity index (χ2v) is 3.65. The predicted octanol–water partition coefficient (Wildman–Crippen LogP) is 1.43. The molecule has 0 fully saturated rings. The fourth-order valence-corrected chi connectivity index (χ4v) is 1.50. The zero-order chi connectivity index (χ0) is 10.4. The average Bonchev–Trinajstić information content (AvgIpc) is 2.18. The number of rotatable bonds is 5. The second kappa shape index (κ2) is 5.78. The lowest BCUT2D eigenvalue weighted by Crippen LogP contribution is -2.21. The van der Waals surface area contributed by atoms with Crippen LogP contribution >= 0.6 is 0 Å². The number of aliphatic hydroxyl groups is 1. The molecule has 1 aromatic carbocycles. The fraction of sp³-hybridized carbons (Fsp3) is 0.500. The Bertz CT molecular complexity index is 284. The molecule has 0 radical (unpaired) electrons. The SMILES string of the molecule is Cc1ccc(C)c(CCNCCO)c1. The minimum atomic E-state index is 0.215. The molecule has 2 heteroatoms. The molecule has 0 saturated heterocycles. The van der Waals surface area contributed by atoms with E-state index < -0.39 is 0 Å². The van der Waals surface area contributed by atoms with Gasteiger partial charge in [-0.05, 0) is 37.9 Å². The van der Waals surface area contributed by atoms with Crippen molar-refractivity contribution >= 4 is 0 Å². The number of benzene rings is 1. The Hall–Kier alpha value is -0.860. The Morgan fingerprint density at radius 1 is 1.21 bits per heavy atom. The third-order valence-corrected chi connectivity index (χ3v) is 2.36. The topological polar surface area (TPSA) is 32.3 Å². The zero-order valence-electron chi connectivity index (χ0n) is 9.01. The summed E-state index contributed by atoms with van der Waals surface area (Å²) in [7, 11) is 0. The highest BCUT2D eigenvalue weighted by atomic mass is 16.3. The van der Waals surface area contributed by atoms with E-state index >= 15 is 0 Å². The first-order chi connectivity index (χ1) is 6.74. The van der Waals surface area contributed by atoms with Crippen molar-refractivity contribution in [1.29, 1.82) is 0 Å². The van der Waals surface area contributed by atoms with Gasteiger partial charge in [-0.1, -0.05) is 23.8 Å². The van der Waals surface area contributed by atoms with Gasteiger partial charge in [-0.2, -0.15) is 0 Å². The highest BCUT2D eigenvalue weighted by molar-refractivity contribution is 5.30. The summed E-state index contributed by atoms with van der Waals surface area (Å²) in [5.41, 5.74) is 4.06. The van der Waals surface area contributed by atoms with E-state index in [1.54, 1.807) is 0 Å². The minimum absolute atomic E-state index is 0.215. The van der Waals surface area contributed by atoms with Crippen LogP contribution in [0.25, 0.3) is 0 Å². The van der Waals surface area contributed by atoms with Crippen LogP contribution in [0.1, 0.15) is 16.7 Å². The van der Waals surface area contributed by atoms with Gasteiger partial charge in [-0.25, -0.2) is 0 Å². The van der Waals surface area contributed by atoms with E-state index in [1.165, 1.54) is 16.7 Å². The van der Waals surface area contributed by atoms with E-state index in [-0.39, 0.29) is 6.61 Å². The van der Waals surface area contributed by atoms with Gasteiger partial charge in [-0.3, -0.25) is 0 Å². The molecular weight excluding hydrogens is 174 g/mol. The molecule has 14 heavy (non-hydrogen) atoms. The summed E-state index contributed by atoms with van der Waals surface area (Å²) in [5.74, 6) is 0. The maximum absolute atomic E-state index is 8.60. The van der Waals surface area contributed by atoms with Crippen LogP contribution in [0.3, 0.4) is 0 Å². The van der Waals surface area contributed by atoms with Crippen LogP contribution in [0.4, 0.5) is 0 Å². The molecule has 0 spiro atoms. The van der Waals surface area contributed by atoms with Crippen LogP contribution in [-0.2, 0) is 6.42 Å². The Morgan fingerprint density at radius 3 is 2.71 bits per heavy atom. The summed E-state index contributed by atoms with van der Waals surface area (Å²) in [5, 5.41) is 11.8. The van der Waals surface area contributed by atoms with E-state index in [4.69, 9.17) is 5.11 Å². The van der Waals surface area contributed by atoms with Gasteiger partial charge in [0.25, 0.3) is 0 Å². The minimum Gasteiger partial charge on any atom is -0.395 e. The van der Waals surface area contributed by atoms with Crippen molar-refractivity contribution in [2.45, 2.75) is 20.3 Å². The molecule has 0 amide bonds. The van der Waals surface area contributed by atoms with Gasteiger partial charge in [0.05, 0.1) is 6.61 Å². The highest BCUT2D eigenvalue weighted by Gasteiger charge is 1.97. The molecule has 0 unspecified atom stereocenters. The van der Waals surface area contributed by atoms with Gasteiger partial charge in [0, 0.05) is 6.54 Å². The Morgan fingerprint density at radius 2 is 2.00 bits per heavy atom. The maximum Gasteiger partial charge on any atom is 0.0555 e. The van der Waals surface area contributed by atoms with Gasteiger partial charge in [0.15, 0.2) is 0 Å². The van der Waals surface area contributed by atoms with Crippen LogP contribution in [0.15, 0.2) is 18.2 Å². The van der Waals surface area contributed by atoms with E-state index in [0.29, 0.717) is 6.54 Å². The Labute approximate surface area is 86.0 Å². The number of hydrogen-bond acceptors (Lipinski definition) is 2. The van der Waals surface area contributed by atoms with Crippen LogP contribution in [0.2, 0.25) is 0 Å². The summed E-state index contributed by atoms with van der Waals surface area (Å²) in [6.45, 7) is 6.09. The van der Waals surface area contributed by atoms with Crippen molar-refractivity contribution in [3.63, 3.8) is 0 Å². The van der Waals surface area contributed by atoms with Crippen LogP contribution in [0, 0.1) is 13.8 Å². The molecule has 0 aliphatic rings. The summed E-state index contributed by atoms with van der Waals surface area (Å²) < 4.78 is 0. The maximum atomic E-state index is 8.60. The molecule has 0 atom stereocenters. The van der Waals surface area contributed by atoms with Crippen LogP contribution in [-0.4, -0.2) is 24.8 Å². The van der Waals surface area contributed by atoms with Gasteiger partial charge in [-0.15, -0.1) is 0 Å². The van der Waals surface area contributed by atoms with Crippen molar-refractivity contribution in [1.82, 2.24) is 5.32 Å². The zero-order valence-corrected chi connectivity index (χ0v) is 9.01. The second-order valence-electron chi connectivity index (χ2n) is 3.65. The van der Waals surface area contributed by atoms with Crippen molar-refractivity contribution in [3.8, 4) is 0 Å². The normalized spacial score (nSPS) is 10.5. The molecule has 0 aliphatic carbocycles. The van der Waals surface area contributed by atoms with Crippen LogP contribution in [0.5, 0.6) is 0 Å². The van der Waals surface area contributed by atoms with Crippen molar-refractivity contribution in [2.75, 3.05) is 19.7 Å². The first-order valence-electron chi connectivity index (χ1n) is 5.11.